The minimum atomic E-state index is -0.472. The number of rotatable bonds is 2. The predicted molar refractivity (Wildman–Crippen MR) is 74.3 cm³/mol. The first kappa shape index (κ1) is 12.4. The second kappa shape index (κ2) is 4.80. The number of benzene rings is 1. The smallest absolute Gasteiger partial charge is 0.232 e. The molecular weight excluding hydrogens is 256 g/mol. The molecule has 0 radical (unpaired) electrons. The molecule has 0 spiro atoms. The number of para-hydroxylation sites is 1. The summed E-state index contributed by atoms with van der Waals surface area (Å²) in [5.74, 6) is -0.810. The van der Waals surface area contributed by atoms with Crippen LogP contribution in [0.3, 0.4) is 0 Å². The number of nitrogens with one attached hydrogen (secondary N) is 2. The zero-order chi connectivity index (χ0) is 14.1. The van der Waals surface area contributed by atoms with Crippen molar-refractivity contribution >= 4 is 23.2 Å². The maximum Gasteiger partial charge on any atom is 0.232 e. The molecule has 0 saturated carbocycles. The fraction of sp³-hybridized carbons (Fsp3) is 0.214. The van der Waals surface area contributed by atoms with Gasteiger partial charge in [-0.1, -0.05) is 18.2 Å². The minimum Gasteiger partial charge on any atom is -0.326 e. The lowest BCUT2D eigenvalue weighted by Crippen LogP contribution is -2.30. The Hall–Kier alpha value is -2.63. The van der Waals surface area contributed by atoms with Gasteiger partial charge in [0.25, 0.3) is 0 Å². The number of nitrogens with zero attached hydrogens (tertiary/aromatic N) is 2. The zero-order valence-corrected chi connectivity index (χ0v) is 11.0. The number of fused-ring (bicyclic) bond motifs is 1. The fourth-order valence-corrected chi connectivity index (χ4v) is 2.36. The summed E-state index contributed by atoms with van der Waals surface area (Å²) in [5, 5.41) is 9.57. The van der Waals surface area contributed by atoms with Crippen LogP contribution in [0.2, 0.25) is 0 Å². The topological polar surface area (TPSA) is 76.0 Å². The Morgan fingerprint density at radius 1 is 1.45 bits per heavy atom. The molecule has 1 atom stereocenters. The lowest BCUT2D eigenvalue weighted by molar-refractivity contribution is -0.123. The first-order valence-electron chi connectivity index (χ1n) is 6.32. The molecule has 0 aliphatic carbocycles. The molecular formula is C14H14N4O2. The van der Waals surface area contributed by atoms with Crippen LogP contribution in [0.25, 0.3) is 0 Å². The lowest BCUT2D eigenvalue weighted by atomic mass is 9.90. The number of carbonyl (C=O) groups excluding carboxylic acids is 2. The largest absolute Gasteiger partial charge is 0.326 e. The van der Waals surface area contributed by atoms with Crippen molar-refractivity contribution in [2.45, 2.75) is 12.3 Å². The van der Waals surface area contributed by atoms with Gasteiger partial charge in [0.1, 0.15) is 0 Å². The first-order chi connectivity index (χ1) is 9.63. The molecule has 0 bridgehead atoms. The highest BCUT2D eigenvalue weighted by molar-refractivity contribution is 6.04. The van der Waals surface area contributed by atoms with Crippen LogP contribution in [0.5, 0.6) is 0 Å². The molecule has 2 heterocycles. The summed E-state index contributed by atoms with van der Waals surface area (Å²) in [6.45, 7) is 0. The Morgan fingerprint density at radius 3 is 3.00 bits per heavy atom. The number of hydrogen-bond acceptors (Lipinski definition) is 3. The fourth-order valence-electron chi connectivity index (χ4n) is 2.36. The Balaban J connectivity index is 1.86. The highest BCUT2D eigenvalue weighted by Gasteiger charge is 2.30. The van der Waals surface area contributed by atoms with E-state index in [9.17, 15) is 9.59 Å². The molecule has 1 aromatic heterocycles. The highest BCUT2D eigenvalue weighted by atomic mass is 16.2. The molecule has 3 rings (SSSR count). The van der Waals surface area contributed by atoms with Gasteiger partial charge in [-0.3, -0.25) is 14.3 Å². The van der Waals surface area contributed by atoms with Crippen LogP contribution >= 0.6 is 0 Å². The highest BCUT2D eigenvalue weighted by Crippen LogP contribution is 2.32. The molecule has 0 unspecified atom stereocenters. The second-order valence-electron chi connectivity index (χ2n) is 4.78. The summed E-state index contributed by atoms with van der Waals surface area (Å²) in [5.41, 5.74) is 2.17. The van der Waals surface area contributed by atoms with Crippen LogP contribution in [0.4, 0.5) is 11.4 Å². The number of aromatic nitrogens is 2. The normalized spacial score (nSPS) is 17.2. The maximum atomic E-state index is 12.4. The van der Waals surface area contributed by atoms with Crippen LogP contribution in [-0.4, -0.2) is 21.6 Å². The van der Waals surface area contributed by atoms with Crippen molar-refractivity contribution < 1.29 is 9.59 Å². The van der Waals surface area contributed by atoms with Gasteiger partial charge in [-0.05, 0) is 11.6 Å². The quantitative estimate of drug-likeness (QED) is 0.868. The molecule has 0 fully saturated rings. The maximum absolute atomic E-state index is 12.4. The Bertz CT molecular complexity index is 677. The average molecular weight is 270 g/mol. The zero-order valence-electron chi connectivity index (χ0n) is 11.0. The third kappa shape index (κ3) is 2.27. The van der Waals surface area contributed by atoms with E-state index in [1.807, 2.05) is 18.2 Å². The summed E-state index contributed by atoms with van der Waals surface area (Å²) in [4.78, 5) is 24.0. The molecule has 2 N–H and O–H groups in total. The Kier molecular flexibility index (Phi) is 2.98. The van der Waals surface area contributed by atoms with Crippen LogP contribution in [-0.2, 0) is 16.6 Å². The lowest BCUT2D eigenvalue weighted by Gasteiger charge is -2.24. The second-order valence-corrected chi connectivity index (χ2v) is 4.78. The van der Waals surface area contributed by atoms with Crippen molar-refractivity contribution in [1.82, 2.24) is 9.78 Å². The van der Waals surface area contributed by atoms with Crippen LogP contribution in [0.15, 0.2) is 36.7 Å². The summed E-state index contributed by atoms with van der Waals surface area (Å²) < 4.78 is 1.61. The molecule has 1 aliphatic heterocycles. The van der Waals surface area contributed by atoms with E-state index in [2.05, 4.69) is 15.7 Å². The van der Waals surface area contributed by atoms with Gasteiger partial charge in [-0.15, -0.1) is 0 Å². The molecule has 6 nitrogen and oxygen atoms in total. The van der Waals surface area contributed by atoms with Crippen molar-refractivity contribution in [3.63, 3.8) is 0 Å². The number of hydrogen-bond donors (Lipinski definition) is 2. The molecule has 20 heavy (non-hydrogen) atoms. The Labute approximate surface area is 115 Å². The van der Waals surface area contributed by atoms with Crippen molar-refractivity contribution in [3.8, 4) is 0 Å². The molecule has 2 amide bonds. The van der Waals surface area contributed by atoms with E-state index in [0.717, 1.165) is 5.56 Å². The van der Waals surface area contributed by atoms with Crippen molar-refractivity contribution in [2.24, 2.45) is 7.05 Å². The summed E-state index contributed by atoms with van der Waals surface area (Å²) in [7, 11) is 1.78. The monoisotopic (exact) mass is 270 g/mol. The predicted octanol–water partition coefficient (Wildman–Crippen LogP) is 1.48. The van der Waals surface area contributed by atoms with E-state index in [-0.39, 0.29) is 18.2 Å². The third-order valence-corrected chi connectivity index (χ3v) is 3.29. The number of anilines is 2. The van der Waals surface area contributed by atoms with Crippen LogP contribution in [0, 0.1) is 0 Å². The molecule has 1 aliphatic rings. The summed E-state index contributed by atoms with van der Waals surface area (Å²) in [6.07, 6.45) is 3.45. The van der Waals surface area contributed by atoms with Crippen LogP contribution in [0.1, 0.15) is 17.9 Å². The van der Waals surface area contributed by atoms with Gasteiger partial charge in [0, 0.05) is 25.4 Å². The number of amides is 2. The average Bonchev–Trinajstić information content (AvgIpc) is 2.83. The van der Waals surface area contributed by atoms with Gasteiger partial charge < -0.3 is 10.6 Å². The van der Waals surface area contributed by atoms with Gasteiger partial charge in [0.2, 0.25) is 11.8 Å². The van der Waals surface area contributed by atoms with E-state index >= 15 is 0 Å². The minimum absolute atomic E-state index is 0.143. The van der Waals surface area contributed by atoms with Crippen molar-refractivity contribution in [3.05, 3.63) is 42.2 Å². The molecule has 2 aromatic rings. The van der Waals surface area contributed by atoms with E-state index in [1.165, 1.54) is 0 Å². The van der Waals surface area contributed by atoms with E-state index < -0.39 is 5.92 Å². The SMILES string of the molecule is Cn1cc(NC(=O)[C@H]2CC(=O)Nc3ccccc32)cn1. The third-order valence-electron chi connectivity index (χ3n) is 3.29. The Morgan fingerprint density at radius 2 is 2.25 bits per heavy atom. The van der Waals surface area contributed by atoms with E-state index in [4.69, 9.17) is 0 Å². The molecule has 6 heteroatoms. The van der Waals surface area contributed by atoms with Crippen LogP contribution < -0.4 is 10.6 Å². The van der Waals surface area contributed by atoms with Gasteiger partial charge >= 0.3 is 0 Å². The van der Waals surface area contributed by atoms with Gasteiger partial charge in [-0.2, -0.15) is 5.10 Å². The molecule has 0 saturated heterocycles. The summed E-state index contributed by atoms with van der Waals surface area (Å²) >= 11 is 0. The first-order valence-corrected chi connectivity index (χ1v) is 6.32. The summed E-state index contributed by atoms with van der Waals surface area (Å²) in [6, 6.07) is 7.36. The number of carbonyl (C=O) groups is 2. The van der Waals surface area contributed by atoms with E-state index in [0.29, 0.717) is 11.4 Å². The van der Waals surface area contributed by atoms with Crippen molar-refractivity contribution in [2.75, 3.05) is 10.6 Å². The molecule has 1 aromatic carbocycles. The van der Waals surface area contributed by atoms with Gasteiger partial charge in [-0.25, -0.2) is 0 Å². The standard InChI is InChI=1S/C14H14N4O2/c1-18-8-9(7-15-18)16-14(20)11-6-13(19)17-12-5-3-2-4-10(11)12/h2-5,7-8,11H,6H2,1H3,(H,16,20)(H,17,19)/t11-/m0/s1. The van der Waals surface area contributed by atoms with Gasteiger partial charge in [0.15, 0.2) is 0 Å². The van der Waals surface area contributed by atoms with Gasteiger partial charge in [0.05, 0.1) is 17.8 Å². The number of aryl methyl sites for hydroxylation is 1. The molecule has 102 valence electrons. The van der Waals surface area contributed by atoms with E-state index in [1.54, 1.807) is 30.2 Å². The van der Waals surface area contributed by atoms with Crippen molar-refractivity contribution in [1.29, 1.82) is 0 Å².